The van der Waals surface area contributed by atoms with E-state index in [4.69, 9.17) is 5.11 Å². The number of nitrogens with zero attached hydrogens (tertiary/aromatic N) is 1. The van der Waals surface area contributed by atoms with E-state index >= 15 is 0 Å². The summed E-state index contributed by atoms with van der Waals surface area (Å²) < 4.78 is 0. The molecule has 1 saturated heterocycles. The van der Waals surface area contributed by atoms with Gasteiger partial charge in [-0.1, -0.05) is 6.08 Å². The molecule has 3 heteroatoms. The van der Waals surface area contributed by atoms with Gasteiger partial charge in [-0.2, -0.15) is 0 Å². The van der Waals surface area contributed by atoms with Crippen LogP contribution in [0.1, 0.15) is 6.92 Å². The fourth-order valence-corrected chi connectivity index (χ4v) is 1.11. The SMILES string of the molecule is C/C=C/C(=O)N1CC(CO)C1. The van der Waals surface area contributed by atoms with Gasteiger partial charge in [-0.3, -0.25) is 4.79 Å². The van der Waals surface area contributed by atoms with Crippen molar-refractivity contribution in [3.63, 3.8) is 0 Å². The summed E-state index contributed by atoms with van der Waals surface area (Å²) in [6, 6.07) is 0. The zero-order valence-electron chi connectivity index (χ0n) is 6.66. The zero-order chi connectivity index (χ0) is 8.27. The van der Waals surface area contributed by atoms with E-state index in [1.807, 2.05) is 6.92 Å². The molecule has 0 bridgehead atoms. The van der Waals surface area contributed by atoms with Crippen molar-refractivity contribution in [3.05, 3.63) is 12.2 Å². The Morgan fingerprint density at radius 3 is 2.82 bits per heavy atom. The maximum atomic E-state index is 11.0. The van der Waals surface area contributed by atoms with Crippen LogP contribution in [-0.2, 0) is 4.79 Å². The van der Waals surface area contributed by atoms with Crippen LogP contribution in [0.15, 0.2) is 12.2 Å². The van der Waals surface area contributed by atoms with Crippen LogP contribution in [0, 0.1) is 5.92 Å². The Morgan fingerprint density at radius 2 is 2.36 bits per heavy atom. The molecule has 1 aliphatic heterocycles. The average molecular weight is 155 g/mol. The lowest BCUT2D eigenvalue weighted by molar-refractivity contribution is -0.132. The molecule has 0 aromatic rings. The molecule has 1 aliphatic rings. The summed E-state index contributed by atoms with van der Waals surface area (Å²) in [6.45, 7) is 3.43. The van der Waals surface area contributed by atoms with Crippen LogP contribution in [0.5, 0.6) is 0 Å². The van der Waals surface area contributed by atoms with Gasteiger partial charge < -0.3 is 10.0 Å². The highest BCUT2D eigenvalue weighted by Gasteiger charge is 2.28. The second kappa shape index (κ2) is 3.53. The van der Waals surface area contributed by atoms with Crippen LogP contribution in [0.2, 0.25) is 0 Å². The van der Waals surface area contributed by atoms with E-state index in [1.54, 1.807) is 17.1 Å². The van der Waals surface area contributed by atoms with E-state index in [1.165, 1.54) is 0 Å². The summed E-state index contributed by atoms with van der Waals surface area (Å²) in [4.78, 5) is 12.8. The topological polar surface area (TPSA) is 40.5 Å². The monoisotopic (exact) mass is 155 g/mol. The van der Waals surface area contributed by atoms with Crippen molar-refractivity contribution in [2.45, 2.75) is 6.92 Å². The van der Waals surface area contributed by atoms with Crippen LogP contribution in [0.25, 0.3) is 0 Å². The molecule has 0 radical (unpaired) electrons. The standard InChI is InChI=1S/C8H13NO2/c1-2-3-8(11)9-4-7(5-9)6-10/h2-3,7,10H,4-6H2,1H3/b3-2+. The highest BCUT2D eigenvalue weighted by atomic mass is 16.3. The first-order chi connectivity index (χ1) is 5.27. The molecular weight excluding hydrogens is 142 g/mol. The van der Waals surface area contributed by atoms with E-state index < -0.39 is 0 Å². The second-order valence-electron chi connectivity index (χ2n) is 2.79. The molecule has 1 amide bonds. The number of carbonyl (C=O) groups is 1. The van der Waals surface area contributed by atoms with Gasteiger partial charge in [0.05, 0.1) is 0 Å². The number of aliphatic hydroxyl groups excluding tert-OH is 1. The number of amides is 1. The number of carbonyl (C=O) groups excluding carboxylic acids is 1. The Morgan fingerprint density at radius 1 is 1.73 bits per heavy atom. The van der Waals surface area contributed by atoms with Gasteiger partial charge >= 0.3 is 0 Å². The molecule has 0 aromatic heterocycles. The number of hydrogen-bond acceptors (Lipinski definition) is 2. The van der Waals surface area contributed by atoms with Crippen LogP contribution < -0.4 is 0 Å². The Balaban J connectivity index is 2.26. The molecule has 1 heterocycles. The molecule has 0 atom stereocenters. The first-order valence-corrected chi connectivity index (χ1v) is 3.80. The quantitative estimate of drug-likeness (QED) is 0.571. The van der Waals surface area contributed by atoms with Gasteiger partial charge in [0.1, 0.15) is 0 Å². The number of allylic oxidation sites excluding steroid dienone is 1. The number of rotatable bonds is 2. The Kier molecular flexibility index (Phi) is 2.65. The van der Waals surface area contributed by atoms with Crippen molar-refractivity contribution in [1.29, 1.82) is 0 Å². The lowest BCUT2D eigenvalue weighted by atomic mass is 10.0. The van der Waals surface area contributed by atoms with Gasteiger partial charge in [0.15, 0.2) is 0 Å². The van der Waals surface area contributed by atoms with Crippen molar-refractivity contribution in [3.8, 4) is 0 Å². The van der Waals surface area contributed by atoms with Gasteiger partial charge in [0.25, 0.3) is 0 Å². The average Bonchev–Trinajstić information content (AvgIpc) is 1.86. The van der Waals surface area contributed by atoms with Crippen LogP contribution in [0.3, 0.4) is 0 Å². The molecular formula is C8H13NO2. The summed E-state index contributed by atoms with van der Waals surface area (Å²) in [5.41, 5.74) is 0. The summed E-state index contributed by atoms with van der Waals surface area (Å²) >= 11 is 0. The smallest absolute Gasteiger partial charge is 0.246 e. The predicted molar refractivity (Wildman–Crippen MR) is 42.0 cm³/mol. The molecule has 0 spiro atoms. The molecule has 0 saturated carbocycles. The van der Waals surface area contributed by atoms with E-state index in [-0.39, 0.29) is 12.5 Å². The molecule has 1 N–H and O–H groups in total. The van der Waals surface area contributed by atoms with Crippen molar-refractivity contribution in [2.24, 2.45) is 5.92 Å². The minimum atomic E-state index is 0.0530. The number of aliphatic hydroxyl groups is 1. The Bertz CT molecular complexity index is 171. The first-order valence-electron chi connectivity index (χ1n) is 3.80. The fraction of sp³-hybridized carbons (Fsp3) is 0.625. The molecule has 1 rings (SSSR count). The molecule has 0 unspecified atom stereocenters. The first kappa shape index (κ1) is 8.27. The maximum Gasteiger partial charge on any atom is 0.246 e. The number of hydrogen-bond donors (Lipinski definition) is 1. The summed E-state index contributed by atoms with van der Waals surface area (Å²) in [6.07, 6.45) is 3.28. The fourth-order valence-electron chi connectivity index (χ4n) is 1.11. The van der Waals surface area contributed by atoms with Crippen LogP contribution >= 0.6 is 0 Å². The highest BCUT2D eigenvalue weighted by Crippen LogP contribution is 2.14. The minimum Gasteiger partial charge on any atom is -0.396 e. The second-order valence-corrected chi connectivity index (χ2v) is 2.79. The molecule has 3 nitrogen and oxygen atoms in total. The summed E-state index contributed by atoms with van der Waals surface area (Å²) in [5.74, 6) is 0.362. The van der Waals surface area contributed by atoms with Crippen LogP contribution in [0.4, 0.5) is 0 Å². The van der Waals surface area contributed by atoms with Gasteiger partial charge in [-0.15, -0.1) is 0 Å². The third-order valence-electron chi connectivity index (χ3n) is 1.84. The van der Waals surface area contributed by atoms with Gasteiger partial charge in [0.2, 0.25) is 5.91 Å². The largest absolute Gasteiger partial charge is 0.396 e. The lowest BCUT2D eigenvalue weighted by Crippen LogP contribution is -2.50. The maximum absolute atomic E-state index is 11.0. The number of likely N-dealkylation sites (tertiary alicyclic amines) is 1. The van der Waals surface area contributed by atoms with Crippen molar-refractivity contribution in [1.82, 2.24) is 4.90 Å². The highest BCUT2D eigenvalue weighted by molar-refractivity contribution is 5.88. The molecule has 0 aliphatic carbocycles. The van der Waals surface area contributed by atoms with Gasteiger partial charge in [-0.05, 0) is 13.0 Å². The molecule has 0 aromatic carbocycles. The third kappa shape index (κ3) is 1.80. The van der Waals surface area contributed by atoms with E-state index in [0.29, 0.717) is 19.0 Å². The van der Waals surface area contributed by atoms with Crippen molar-refractivity contribution in [2.75, 3.05) is 19.7 Å². The Hall–Kier alpha value is -0.830. The van der Waals surface area contributed by atoms with Crippen molar-refractivity contribution >= 4 is 5.91 Å². The lowest BCUT2D eigenvalue weighted by Gasteiger charge is -2.37. The van der Waals surface area contributed by atoms with Gasteiger partial charge in [0, 0.05) is 25.6 Å². The molecule has 62 valence electrons. The third-order valence-corrected chi connectivity index (χ3v) is 1.84. The van der Waals surface area contributed by atoms with Gasteiger partial charge in [-0.25, -0.2) is 0 Å². The van der Waals surface area contributed by atoms with Crippen LogP contribution in [-0.4, -0.2) is 35.6 Å². The van der Waals surface area contributed by atoms with E-state index in [0.717, 1.165) is 0 Å². The van der Waals surface area contributed by atoms with Crippen molar-refractivity contribution < 1.29 is 9.90 Å². The van der Waals surface area contributed by atoms with E-state index in [9.17, 15) is 4.79 Å². The van der Waals surface area contributed by atoms with E-state index in [2.05, 4.69) is 0 Å². The Labute approximate surface area is 66.3 Å². The zero-order valence-corrected chi connectivity index (χ0v) is 6.66. The summed E-state index contributed by atoms with van der Waals surface area (Å²) in [5, 5.41) is 8.66. The minimum absolute atomic E-state index is 0.0530. The normalized spacial score (nSPS) is 18.9. The molecule has 11 heavy (non-hydrogen) atoms. The predicted octanol–water partition coefficient (Wildman–Crippen LogP) is 0.0132. The molecule has 1 fully saturated rings. The summed E-state index contributed by atoms with van der Waals surface area (Å²) in [7, 11) is 0.